The lowest BCUT2D eigenvalue weighted by Crippen LogP contribution is -2.47. The summed E-state index contributed by atoms with van der Waals surface area (Å²) in [5.74, 6) is 0.219. The molecule has 1 aromatic rings. The minimum atomic E-state index is -0.515. The van der Waals surface area contributed by atoms with Gasteiger partial charge >= 0.3 is 6.09 Å². The van der Waals surface area contributed by atoms with Crippen LogP contribution in [0.4, 0.5) is 14.9 Å². The summed E-state index contributed by atoms with van der Waals surface area (Å²) in [7, 11) is 0. The van der Waals surface area contributed by atoms with Crippen molar-refractivity contribution in [3.63, 3.8) is 0 Å². The Morgan fingerprint density at radius 3 is 2.44 bits per heavy atom. The smallest absolute Gasteiger partial charge is 0.410 e. The quantitative estimate of drug-likeness (QED) is 0.714. The van der Waals surface area contributed by atoms with Crippen LogP contribution < -0.4 is 10.5 Å². The molecule has 0 aliphatic carbocycles. The van der Waals surface area contributed by atoms with Crippen molar-refractivity contribution in [1.82, 2.24) is 4.90 Å². The third kappa shape index (κ3) is 3.99. The van der Waals surface area contributed by atoms with Crippen LogP contribution in [0, 0.1) is 5.82 Å². The van der Waals surface area contributed by atoms with E-state index < -0.39 is 5.60 Å². The van der Waals surface area contributed by atoms with Gasteiger partial charge in [0.05, 0.1) is 6.61 Å². The van der Waals surface area contributed by atoms with Gasteiger partial charge in [0, 0.05) is 35.8 Å². The first-order chi connectivity index (χ1) is 11.7. The maximum Gasteiger partial charge on any atom is 0.410 e. The number of carbonyl (C=O) groups is 1. The molecule has 1 fully saturated rings. The van der Waals surface area contributed by atoms with Crippen molar-refractivity contribution >= 4 is 11.8 Å². The minimum Gasteiger partial charge on any atom is -0.492 e. The average Bonchev–Trinajstić information content (AvgIpc) is 2.87. The molecule has 2 aliphatic rings. The van der Waals surface area contributed by atoms with E-state index in [9.17, 15) is 9.18 Å². The molecule has 0 radical (unpaired) electrons. The van der Waals surface area contributed by atoms with Crippen LogP contribution in [0.3, 0.4) is 0 Å². The van der Waals surface area contributed by atoms with Gasteiger partial charge in [0.2, 0.25) is 0 Å². The predicted octanol–water partition coefficient (Wildman–Crippen LogP) is 4.10. The summed E-state index contributed by atoms with van der Waals surface area (Å²) in [5.41, 5.74) is 5.77. The Bertz CT molecular complexity index is 632. The molecule has 0 atom stereocenters. The number of rotatable bonds is 0. The van der Waals surface area contributed by atoms with Crippen molar-refractivity contribution in [1.29, 1.82) is 0 Å². The zero-order valence-corrected chi connectivity index (χ0v) is 15.8. The fourth-order valence-corrected chi connectivity index (χ4v) is 3.36. The Balaban J connectivity index is 0.00000109. The summed E-state index contributed by atoms with van der Waals surface area (Å²) in [6.45, 7) is 11.0. The second-order valence-corrected chi connectivity index (χ2v) is 7.41. The van der Waals surface area contributed by atoms with E-state index in [1.165, 1.54) is 6.07 Å². The summed E-state index contributed by atoms with van der Waals surface area (Å²) in [6, 6.07) is 3.02. The summed E-state index contributed by atoms with van der Waals surface area (Å²) in [4.78, 5) is 13.8. The highest BCUT2D eigenvalue weighted by Crippen LogP contribution is 2.47. The number of anilines is 1. The van der Waals surface area contributed by atoms with Gasteiger partial charge in [-0.1, -0.05) is 13.8 Å². The van der Waals surface area contributed by atoms with Gasteiger partial charge in [-0.2, -0.15) is 0 Å². The summed E-state index contributed by atoms with van der Waals surface area (Å²) < 4.78 is 25.5. The van der Waals surface area contributed by atoms with E-state index in [1.807, 2.05) is 34.6 Å². The number of fused-ring (bicyclic) bond motifs is 2. The molecular weight excluding hydrogens is 323 g/mol. The van der Waals surface area contributed by atoms with Crippen LogP contribution in [0.2, 0.25) is 0 Å². The van der Waals surface area contributed by atoms with Crippen molar-refractivity contribution in [3.8, 4) is 5.75 Å². The van der Waals surface area contributed by atoms with Crippen molar-refractivity contribution in [2.75, 3.05) is 25.4 Å². The first-order valence-electron chi connectivity index (χ1n) is 8.90. The summed E-state index contributed by atoms with van der Waals surface area (Å²) in [5, 5.41) is 0. The molecular formula is C19H29FN2O3. The molecule has 2 heterocycles. The zero-order chi connectivity index (χ0) is 18.8. The molecule has 25 heavy (non-hydrogen) atoms. The summed E-state index contributed by atoms with van der Waals surface area (Å²) >= 11 is 0. The normalized spacial score (nSPS) is 18.1. The van der Waals surface area contributed by atoms with Crippen LogP contribution in [0.15, 0.2) is 12.1 Å². The lowest BCUT2D eigenvalue weighted by Gasteiger charge is -2.38. The van der Waals surface area contributed by atoms with Crippen LogP contribution >= 0.6 is 0 Å². The highest BCUT2D eigenvalue weighted by atomic mass is 19.1. The molecule has 0 unspecified atom stereocenters. The third-order valence-electron chi connectivity index (χ3n) is 4.48. The number of nitrogen functional groups attached to an aromatic ring is 1. The Kier molecular flexibility index (Phi) is 5.49. The zero-order valence-electron chi connectivity index (χ0n) is 15.8. The molecule has 6 heteroatoms. The lowest BCUT2D eigenvalue weighted by atomic mass is 9.74. The number of piperidine rings is 1. The molecule has 2 aliphatic heterocycles. The molecule has 1 aromatic carbocycles. The number of ether oxygens (including phenoxy) is 2. The maximum absolute atomic E-state index is 14.4. The van der Waals surface area contributed by atoms with Gasteiger partial charge < -0.3 is 20.1 Å². The van der Waals surface area contributed by atoms with E-state index in [2.05, 4.69) is 0 Å². The second kappa shape index (κ2) is 7.10. The standard InChI is InChI=1S/C17H23FN2O3.C2H6/c1-16(2,3)23-15(21)20-6-4-17(5-7-20)10-22-13-9-11(19)8-12(18)14(13)17;1-2/h8-9H,4-7,10,19H2,1-3H3;1-2H3. The van der Waals surface area contributed by atoms with E-state index >= 15 is 0 Å². The fraction of sp³-hybridized carbons (Fsp3) is 0.632. The molecule has 1 amide bonds. The highest BCUT2D eigenvalue weighted by Gasteiger charge is 2.46. The number of halogens is 1. The first kappa shape index (κ1) is 19.3. The molecule has 0 saturated carbocycles. The van der Waals surface area contributed by atoms with Crippen molar-refractivity contribution in [3.05, 3.63) is 23.5 Å². The minimum absolute atomic E-state index is 0.315. The number of benzene rings is 1. The van der Waals surface area contributed by atoms with Gasteiger partial charge in [-0.3, -0.25) is 0 Å². The van der Waals surface area contributed by atoms with Crippen LogP contribution in [0.5, 0.6) is 5.75 Å². The van der Waals surface area contributed by atoms with E-state index in [-0.39, 0.29) is 17.3 Å². The Morgan fingerprint density at radius 1 is 1.28 bits per heavy atom. The van der Waals surface area contributed by atoms with Gasteiger partial charge in [0.15, 0.2) is 0 Å². The highest BCUT2D eigenvalue weighted by molar-refractivity contribution is 5.68. The number of carbonyl (C=O) groups excluding carboxylic acids is 1. The van der Waals surface area contributed by atoms with Crippen LogP contribution in [-0.2, 0) is 10.2 Å². The van der Waals surface area contributed by atoms with E-state index in [4.69, 9.17) is 15.2 Å². The molecule has 3 rings (SSSR count). The summed E-state index contributed by atoms with van der Waals surface area (Å²) in [6.07, 6.45) is 0.990. The molecule has 1 spiro atoms. The largest absolute Gasteiger partial charge is 0.492 e. The lowest BCUT2D eigenvalue weighted by molar-refractivity contribution is 0.0151. The van der Waals surface area contributed by atoms with Crippen molar-refractivity contribution < 1.29 is 18.7 Å². The molecule has 0 bridgehead atoms. The van der Waals surface area contributed by atoms with E-state index in [0.29, 0.717) is 49.5 Å². The Labute approximate surface area is 149 Å². The molecule has 1 saturated heterocycles. The monoisotopic (exact) mass is 352 g/mol. The number of nitrogens with zero attached hydrogens (tertiary/aromatic N) is 1. The number of hydrogen-bond donors (Lipinski definition) is 1. The number of nitrogens with two attached hydrogens (primary N) is 1. The molecule has 2 N–H and O–H groups in total. The number of likely N-dealkylation sites (tertiary alicyclic amines) is 1. The van der Waals surface area contributed by atoms with Crippen LogP contribution in [0.25, 0.3) is 0 Å². The van der Waals surface area contributed by atoms with E-state index in [0.717, 1.165) is 0 Å². The van der Waals surface area contributed by atoms with E-state index in [1.54, 1.807) is 11.0 Å². The fourth-order valence-electron chi connectivity index (χ4n) is 3.36. The van der Waals surface area contributed by atoms with Gasteiger partial charge in [-0.15, -0.1) is 0 Å². The number of amides is 1. The maximum atomic E-state index is 14.4. The molecule has 5 nitrogen and oxygen atoms in total. The topological polar surface area (TPSA) is 64.8 Å². The Morgan fingerprint density at radius 2 is 1.88 bits per heavy atom. The average molecular weight is 352 g/mol. The van der Waals surface area contributed by atoms with Crippen LogP contribution in [0.1, 0.15) is 53.0 Å². The third-order valence-corrected chi connectivity index (χ3v) is 4.48. The van der Waals surface area contributed by atoms with Gasteiger partial charge in [0.1, 0.15) is 17.2 Å². The van der Waals surface area contributed by atoms with Gasteiger partial charge in [-0.25, -0.2) is 9.18 Å². The van der Waals surface area contributed by atoms with Crippen LogP contribution in [-0.4, -0.2) is 36.3 Å². The molecule has 0 aromatic heterocycles. The second-order valence-electron chi connectivity index (χ2n) is 7.41. The van der Waals surface area contributed by atoms with Gasteiger partial charge in [-0.05, 0) is 39.7 Å². The Hall–Kier alpha value is -1.98. The number of hydrogen-bond acceptors (Lipinski definition) is 4. The predicted molar refractivity (Wildman–Crippen MR) is 96.4 cm³/mol. The SMILES string of the molecule is CC.CC(C)(C)OC(=O)N1CCC2(CC1)COc1cc(N)cc(F)c12. The first-order valence-corrected chi connectivity index (χ1v) is 8.90. The van der Waals surface area contributed by atoms with Crippen molar-refractivity contribution in [2.45, 2.75) is 58.5 Å². The molecule has 140 valence electrons. The van der Waals surface area contributed by atoms with Gasteiger partial charge in [0.25, 0.3) is 0 Å². The van der Waals surface area contributed by atoms with Crippen molar-refractivity contribution in [2.24, 2.45) is 0 Å².